The summed E-state index contributed by atoms with van der Waals surface area (Å²) >= 11 is 5.97. The Morgan fingerprint density at radius 3 is 2.32 bits per heavy atom. The van der Waals surface area contributed by atoms with Gasteiger partial charge in [0.05, 0.1) is 11.6 Å². The van der Waals surface area contributed by atoms with Crippen molar-refractivity contribution in [2.75, 3.05) is 0 Å². The molecule has 0 saturated carbocycles. The maximum atomic E-state index is 13.1. The van der Waals surface area contributed by atoms with Crippen molar-refractivity contribution in [2.45, 2.75) is 13.8 Å². The maximum Gasteiger partial charge on any atom is 0.123 e. The highest BCUT2D eigenvalue weighted by Gasteiger charge is 2.11. The smallest absolute Gasteiger partial charge is 0.123 e. The van der Waals surface area contributed by atoms with Gasteiger partial charge in [0.15, 0.2) is 0 Å². The number of halogens is 2. The molecule has 3 aromatic rings. The molecular weight excluding hydrogens is 335 g/mol. The molecule has 0 N–H and O–H groups in total. The van der Waals surface area contributed by atoms with E-state index in [2.05, 4.69) is 10.6 Å². The Morgan fingerprint density at radius 1 is 1.08 bits per heavy atom. The van der Waals surface area contributed by atoms with Crippen LogP contribution < -0.4 is 0 Å². The molecule has 1 heterocycles. The SMILES string of the molecule is Cc1cc(/C=C(/C#N)c2ccc(F)cc2)c(C)n1-c1ccc(Cl)cc1. The van der Waals surface area contributed by atoms with Crippen LogP contribution in [0.3, 0.4) is 0 Å². The summed E-state index contributed by atoms with van der Waals surface area (Å²) < 4.78 is 15.2. The zero-order valence-electron chi connectivity index (χ0n) is 13.9. The highest BCUT2D eigenvalue weighted by atomic mass is 35.5. The monoisotopic (exact) mass is 350 g/mol. The first-order valence-electron chi connectivity index (χ1n) is 7.82. The van der Waals surface area contributed by atoms with Gasteiger partial charge >= 0.3 is 0 Å². The molecule has 2 aromatic carbocycles. The van der Waals surface area contributed by atoms with Gasteiger partial charge in [0.25, 0.3) is 0 Å². The molecule has 0 amide bonds. The van der Waals surface area contributed by atoms with Crippen molar-refractivity contribution in [1.82, 2.24) is 4.57 Å². The van der Waals surface area contributed by atoms with Crippen molar-refractivity contribution < 1.29 is 4.39 Å². The van der Waals surface area contributed by atoms with E-state index in [1.165, 1.54) is 12.1 Å². The predicted octanol–water partition coefficient (Wildman–Crippen LogP) is 5.95. The summed E-state index contributed by atoms with van der Waals surface area (Å²) in [6.45, 7) is 4.02. The molecule has 0 atom stereocenters. The second kappa shape index (κ2) is 6.96. The first-order valence-corrected chi connectivity index (χ1v) is 8.20. The van der Waals surface area contributed by atoms with Gasteiger partial charge in [0.1, 0.15) is 5.82 Å². The van der Waals surface area contributed by atoms with E-state index in [1.54, 1.807) is 12.1 Å². The third-order valence-corrected chi connectivity index (χ3v) is 4.38. The number of allylic oxidation sites excluding steroid dienone is 1. The minimum absolute atomic E-state index is 0.318. The molecule has 0 spiro atoms. The molecule has 0 unspecified atom stereocenters. The molecule has 4 heteroatoms. The summed E-state index contributed by atoms with van der Waals surface area (Å²) in [5.41, 5.74) is 5.24. The van der Waals surface area contributed by atoms with E-state index >= 15 is 0 Å². The molecular formula is C21H16ClFN2. The van der Waals surface area contributed by atoms with Crippen LogP contribution in [0.25, 0.3) is 17.3 Å². The van der Waals surface area contributed by atoms with Crippen LogP contribution >= 0.6 is 11.6 Å². The van der Waals surface area contributed by atoms with E-state index in [1.807, 2.05) is 50.3 Å². The van der Waals surface area contributed by atoms with Crippen molar-refractivity contribution in [3.63, 3.8) is 0 Å². The highest BCUT2D eigenvalue weighted by Crippen LogP contribution is 2.26. The Labute approximate surface area is 151 Å². The molecule has 2 nitrogen and oxygen atoms in total. The number of aromatic nitrogens is 1. The lowest BCUT2D eigenvalue weighted by molar-refractivity contribution is 0.627. The predicted molar refractivity (Wildman–Crippen MR) is 100 cm³/mol. The van der Waals surface area contributed by atoms with E-state index in [9.17, 15) is 9.65 Å². The quantitative estimate of drug-likeness (QED) is 0.536. The average Bonchev–Trinajstić information content (AvgIpc) is 2.88. The molecule has 1 aromatic heterocycles. The summed E-state index contributed by atoms with van der Waals surface area (Å²) in [6, 6.07) is 17.8. The van der Waals surface area contributed by atoms with Crippen LogP contribution in [0.4, 0.5) is 4.39 Å². The Hall–Kier alpha value is -2.83. The second-order valence-corrected chi connectivity index (χ2v) is 6.25. The molecule has 0 aliphatic heterocycles. The lowest BCUT2D eigenvalue weighted by Crippen LogP contribution is -1.98. The molecule has 25 heavy (non-hydrogen) atoms. The zero-order valence-corrected chi connectivity index (χ0v) is 14.7. The highest BCUT2D eigenvalue weighted by molar-refractivity contribution is 6.30. The molecule has 0 bridgehead atoms. The van der Waals surface area contributed by atoms with Crippen molar-refractivity contribution in [1.29, 1.82) is 5.26 Å². The van der Waals surface area contributed by atoms with Crippen LogP contribution in [0.15, 0.2) is 54.6 Å². The molecule has 0 radical (unpaired) electrons. The summed E-state index contributed by atoms with van der Waals surface area (Å²) in [5, 5.41) is 10.2. The third-order valence-electron chi connectivity index (χ3n) is 4.13. The molecule has 0 saturated heterocycles. The second-order valence-electron chi connectivity index (χ2n) is 5.82. The van der Waals surface area contributed by atoms with Gasteiger partial charge in [-0.15, -0.1) is 0 Å². The number of benzene rings is 2. The maximum absolute atomic E-state index is 13.1. The third kappa shape index (κ3) is 3.50. The van der Waals surface area contributed by atoms with E-state index in [-0.39, 0.29) is 5.82 Å². The van der Waals surface area contributed by atoms with Gasteiger partial charge in [-0.1, -0.05) is 23.7 Å². The number of nitriles is 1. The van der Waals surface area contributed by atoms with Gasteiger partial charge in [-0.05, 0) is 73.5 Å². The van der Waals surface area contributed by atoms with Crippen molar-refractivity contribution in [2.24, 2.45) is 0 Å². The minimum Gasteiger partial charge on any atom is -0.318 e. The number of nitrogens with zero attached hydrogens (tertiary/aromatic N) is 2. The van der Waals surface area contributed by atoms with Crippen LogP contribution in [-0.4, -0.2) is 4.57 Å². The Kier molecular flexibility index (Phi) is 4.74. The van der Waals surface area contributed by atoms with Gasteiger partial charge in [0, 0.05) is 22.1 Å². The molecule has 0 aliphatic rings. The van der Waals surface area contributed by atoms with Crippen LogP contribution in [0, 0.1) is 31.0 Å². The standard InChI is InChI=1S/C21H16ClFN2/c1-14-11-17(12-18(13-24)16-3-7-20(23)8-4-16)15(2)25(14)21-9-5-19(22)6-10-21/h3-12H,1-2H3/b18-12-. The molecule has 0 aliphatic carbocycles. The summed E-state index contributed by atoms with van der Waals surface area (Å²) in [4.78, 5) is 0. The molecule has 124 valence electrons. The fraction of sp³-hybridized carbons (Fsp3) is 0.0952. The number of aryl methyl sites for hydroxylation is 1. The van der Waals surface area contributed by atoms with Crippen LogP contribution in [-0.2, 0) is 0 Å². The first kappa shape index (κ1) is 17.0. The lowest BCUT2D eigenvalue weighted by Gasteiger charge is -2.09. The fourth-order valence-corrected chi connectivity index (χ4v) is 3.01. The Balaban J connectivity index is 2.06. The van der Waals surface area contributed by atoms with Crippen LogP contribution in [0.2, 0.25) is 5.02 Å². The molecule has 0 fully saturated rings. The Bertz CT molecular complexity index is 974. The average molecular weight is 351 g/mol. The van der Waals surface area contributed by atoms with Crippen LogP contribution in [0.5, 0.6) is 0 Å². The summed E-state index contributed by atoms with van der Waals surface area (Å²) in [7, 11) is 0. The van der Waals surface area contributed by atoms with E-state index in [4.69, 9.17) is 11.6 Å². The van der Waals surface area contributed by atoms with Gasteiger partial charge in [-0.2, -0.15) is 5.26 Å². The summed E-state index contributed by atoms with van der Waals surface area (Å²) in [6.07, 6.45) is 1.84. The first-order chi connectivity index (χ1) is 12.0. The van der Waals surface area contributed by atoms with Crippen LogP contribution in [0.1, 0.15) is 22.5 Å². The lowest BCUT2D eigenvalue weighted by atomic mass is 10.0. The number of hydrogen-bond donors (Lipinski definition) is 0. The number of hydrogen-bond acceptors (Lipinski definition) is 1. The normalized spacial score (nSPS) is 11.4. The van der Waals surface area contributed by atoms with Crippen molar-refractivity contribution in [3.8, 4) is 11.8 Å². The van der Waals surface area contributed by atoms with E-state index < -0.39 is 0 Å². The van der Waals surface area contributed by atoms with Crippen molar-refractivity contribution in [3.05, 3.63) is 88.0 Å². The van der Waals surface area contributed by atoms with Gasteiger partial charge in [-0.25, -0.2) is 4.39 Å². The largest absolute Gasteiger partial charge is 0.318 e. The number of rotatable bonds is 3. The fourth-order valence-electron chi connectivity index (χ4n) is 2.89. The topological polar surface area (TPSA) is 28.7 Å². The van der Waals surface area contributed by atoms with Gasteiger partial charge in [-0.3, -0.25) is 0 Å². The van der Waals surface area contributed by atoms with Crippen molar-refractivity contribution >= 4 is 23.3 Å². The summed E-state index contributed by atoms with van der Waals surface area (Å²) in [5.74, 6) is -0.318. The van der Waals surface area contributed by atoms with Gasteiger partial charge in [0.2, 0.25) is 0 Å². The van der Waals surface area contributed by atoms with E-state index in [0.717, 1.165) is 22.6 Å². The molecule has 3 rings (SSSR count). The van der Waals surface area contributed by atoms with E-state index in [0.29, 0.717) is 16.2 Å². The Morgan fingerprint density at radius 2 is 1.72 bits per heavy atom. The zero-order chi connectivity index (χ0) is 18.0. The minimum atomic E-state index is -0.318. The van der Waals surface area contributed by atoms with Gasteiger partial charge < -0.3 is 4.57 Å².